The summed E-state index contributed by atoms with van der Waals surface area (Å²) in [6.07, 6.45) is 0.365. The second-order valence-electron chi connectivity index (χ2n) is 4.09. The molecule has 1 N–H and O–H groups in total. The van der Waals surface area contributed by atoms with Crippen molar-refractivity contribution in [3.05, 3.63) is 50.6 Å². The van der Waals surface area contributed by atoms with Gasteiger partial charge < -0.3 is 9.84 Å². The lowest BCUT2D eigenvalue weighted by Gasteiger charge is -2.13. The molecule has 0 saturated carbocycles. The third-order valence-electron chi connectivity index (χ3n) is 2.65. The standard InChI is InChI=1S/C14H15BrO2S/c1-10(16)13-3-2-12(15)8-14(13)17-6-4-11-5-7-18-9-11/h2-3,5,7-10,16H,4,6H2,1H3/t10-/m0/s1. The highest BCUT2D eigenvalue weighted by molar-refractivity contribution is 9.10. The first-order valence-corrected chi connectivity index (χ1v) is 7.52. The van der Waals surface area contributed by atoms with Gasteiger partial charge in [-0.3, -0.25) is 0 Å². The SMILES string of the molecule is C[C@H](O)c1ccc(Br)cc1OCCc1ccsc1. The van der Waals surface area contributed by atoms with Crippen LogP contribution in [0.25, 0.3) is 0 Å². The number of halogens is 1. The van der Waals surface area contributed by atoms with Crippen molar-refractivity contribution in [1.82, 2.24) is 0 Å². The molecular weight excluding hydrogens is 312 g/mol. The van der Waals surface area contributed by atoms with Gasteiger partial charge in [-0.25, -0.2) is 0 Å². The third kappa shape index (κ3) is 3.57. The number of aliphatic hydroxyl groups is 1. The summed E-state index contributed by atoms with van der Waals surface area (Å²) in [7, 11) is 0. The van der Waals surface area contributed by atoms with Crippen molar-refractivity contribution >= 4 is 27.3 Å². The maximum atomic E-state index is 9.69. The Morgan fingerprint density at radius 1 is 1.39 bits per heavy atom. The van der Waals surface area contributed by atoms with E-state index in [4.69, 9.17) is 4.74 Å². The smallest absolute Gasteiger partial charge is 0.126 e. The lowest BCUT2D eigenvalue weighted by atomic mass is 10.1. The molecule has 0 aliphatic heterocycles. The molecule has 2 aromatic rings. The Labute approximate surface area is 119 Å². The van der Waals surface area contributed by atoms with Crippen LogP contribution in [0.5, 0.6) is 5.75 Å². The number of benzene rings is 1. The molecule has 1 aromatic carbocycles. The Morgan fingerprint density at radius 2 is 2.22 bits per heavy atom. The molecule has 0 aliphatic rings. The zero-order valence-electron chi connectivity index (χ0n) is 10.1. The summed E-state index contributed by atoms with van der Waals surface area (Å²) < 4.78 is 6.72. The molecule has 4 heteroatoms. The highest BCUT2D eigenvalue weighted by Gasteiger charge is 2.09. The van der Waals surface area contributed by atoms with Crippen LogP contribution in [-0.4, -0.2) is 11.7 Å². The maximum absolute atomic E-state index is 9.69. The Bertz CT molecular complexity index is 495. The van der Waals surface area contributed by atoms with Gasteiger partial charge in [-0.05, 0) is 41.4 Å². The quantitative estimate of drug-likeness (QED) is 0.892. The van der Waals surface area contributed by atoms with E-state index in [0.29, 0.717) is 6.61 Å². The Hall–Kier alpha value is -0.840. The second-order valence-corrected chi connectivity index (χ2v) is 5.78. The van der Waals surface area contributed by atoms with Crippen molar-refractivity contribution in [3.63, 3.8) is 0 Å². The number of hydrogen-bond donors (Lipinski definition) is 1. The molecule has 0 bridgehead atoms. The summed E-state index contributed by atoms with van der Waals surface area (Å²) in [6, 6.07) is 7.79. The normalized spacial score (nSPS) is 12.4. The lowest BCUT2D eigenvalue weighted by Crippen LogP contribution is -2.04. The van der Waals surface area contributed by atoms with Crippen LogP contribution in [-0.2, 0) is 6.42 Å². The number of aliphatic hydroxyl groups excluding tert-OH is 1. The number of hydrogen-bond acceptors (Lipinski definition) is 3. The Kier molecular flexibility index (Phi) is 4.80. The first-order chi connectivity index (χ1) is 8.66. The molecule has 1 heterocycles. The zero-order valence-corrected chi connectivity index (χ0v) is 12.5. The highest BCUT2D eigenvalue weighted by atomic mass is 79.9. The van der Waals surface area contributed by atoms with E-state index in [1.165, 1.54) is 5.56 Å². The van der Waals surface area contributed by atoms with E-state index in [1.54, 1.807) is 18.3 Å². The predicted octanol–water partition coefficient (Wildman–Crippen LogP) is 4.19. The van der Waals surface area contributed by atoms with Gasteiger partial charge in [0.25, 0.3) is 0 Å². The predicted molar refractivity (Wildman–Crippen MR) is 78.3 cm³/mol. The molecule has 0 fully saturated rings. The van der Waals surface area contributed by atoms with Crippen molar-refractivity contribution in [2.75, 3.05) is 6.61 Å². The molecule has 0 amide bonds. The summed E-state index contributed by atoms with van der Waals surface area (Å²) >= 11 is 5.11. The molecule has 0 saturated heterocycles. The van der Waals surface area contributed by atoms with Crippen LogP contribution in [0, 0.1) is 0 Å². The van der Waals surface area contributed by atoms with E-state index >= 15 is 0 Å². The van der Waals surface area contributed by atoms with E-state index < -0.39 is 6.10 Å². The van der Waals surface area contributed by atoms with Crippen LogP contribution in [0.2, 0.25) is 0 Å². The summed E-state index contributed by atoms with van der Waals surface area (Å²) in [5.74, 6) is 0.745. The Balaban J connectivity index is 2.01. The average molecular weight is 327 g/mol. The first-order valence-electron chi connectivity index (χ1n) is 5.78. The van der Waals surface area contributed by atoms with Crippen LogP contribution in [0.3, 0.4) is 0 Å². The van der Waals surface area contributed by atoms with Crippen LogP contribution < -0.4 is 4.74 Å². The minimum absolute atomic E-state index is 0.519. The number of ether oxygens (including phenoxy) is 1. The van der Waals surface area contributed by atoms with Gasteiger partial charge in [-0.2, -0.15) is 11.3 Å². The molecule has 18 heavy (non-hydrogen) atoms. The van der Waals surface area contributed by atoms with Gasteiger partial charge in [0.2, 0.25) is 0 Å². The average Bonchev–Trinajstić information content (AvgIpc) is 2.82. The second kappa shape index (κ2) is 6.36. The maximum Gasteiger partial charge on any atom is 0.126 e. The number of thiophene rings is 1. The summed E-state index contributed by atoms with van der Waals surface area (Å²) in [5.41, 5.74) is 2.11. The van der Waals surface area contributed by atoms with Gasteiger partial charge in [0, 0.05) is 16.5 Å². The van der Waals surface area contributed by atoms with Crippen molar-refractivity contribution in [2.45, 2.75) is 19.4 Å². The molecule has 2 rings (SSSR count). The number of rotatable bonds is 5. The van der Waals surface area contributed by atoms with Crippen molar-refractivity contribution in [1.29, 1.82) is 0 Å². The van der Waals surface area contributed by atoms with Crippen molar-refractivity contribution in [3.8, 4) is 5.75 Å². The molecule has 96 valence electrons. The van der Waals surface area contributed by atoms with Gasteiger partial charge in [-0.1, -0.05) is 22.0 Å². The van der Waals surface area contributed by atoms with Crippen molar-refractivity contribution in [2.24, 2.45) is 0 Å². The van der Waals surface area contributed by atoms with E-state index in [-0.39, 0.29) is 0 Å². The van der Waals surface area contributed by atoms with E-state index in [1.807, 2.05) is 18.2 Å². The monoisotopic (exact) mass is 326 g/mol. The largest absolute Gasteiger partial charge is 0.493 e. The molecule has 2 nitrogen and oxygen atoms in total. The molecule has 1 aromatic heterocycles. The van der Waals surface area contributed by atoms with Gasteiger partial charge in [0.05, 0.1) is 12.7 Å². The lowest BCUT2D eigenvalue weighted by molar-refractivity contribution is 0.191. The zero-order chi connectivity index (χ0) is 13.0. The minimum Gasteiger partial charge on any atom is -0.493 e. The molecule has 0 aliphatic carbocycles. The van der Waals surface area contributed by atoms with Crippen molar-refractivity contribution < 1.29 is 9.84 Å². The molecule has 0 spiro atoms. The minimum atomic E-state index is -0.519. The van der Waals surface area contributed by atoms with Crippen LogP contribution in [0.15, 0.2) is 39.5 Å². The highest BCUT2D eigenvalue weighted by Crippen LogP contribution is 2.28. The third-order valence-corrected chi connectivity index (χ3v) is 3.88. The summed E-state index contributed by atoms with van der Waals surface area (Å²) in [5, 5.41) is 13.9. The molecule has 0 radical (unpaired) electrons. The van der Waals surface area contributed by atoms with Gasteiger partial charge in [-0.15, -0.1) is 0 Å². The van der Waals surface area contributed by atoms with Crippen LogP contribution >= 0.6 is 27.3 Å². The van der Waals surface area contributed by atoms with E-state index in [0.717, 1.165) is 22.2 Å². The van der Waals surface area contributed by atoms with E-state index in [2.05, 4.69) is 32.8 Å². The molecule has 1 atom stereocenters. The molecular formula is C14H15BrO2S. The fraction of sp³-hybridized carbons (Fsp3) is 0.286. The van der Waals surface area contributed by atoms with Crippen LogP contribution in [0.1, 0.15) is 24.2 Å². The van der Waals surface area contributed by atoms with Gasteiger partial charge in [0.15, 0.2) is 0 Å². The van der Waals surface area contributed by atoms with Gasteiger partial charge >= 0.3 is 0 Å². The molecule has 0 unspecified atom stereocenters. The summed E-state index contributed by atoms with van der Waals surface area (Å²) in [6.45, 7) is 2.36. The fourth-order valence-corrected chi connectivity index (χ4v) is 2.74. The van der Waals surface area contributed by atoms with Gasteiger partial charge in [0.1, 0.15) is 5.75 Å². The van der Waals surface area contributed by atoms with Crippen LogP contribution in [0.4, 0.5) is 0 Å². The fourth-order valence-electron chi connectivity index (χ4n) is 1.69. The topological polar surface area (TPSA) is 29.5 Å². The first kappa shape index (κ1) is 13.6. The Morgan fingerprint density at radius 3 is 2.89 bits per heavy atom. The van der Waals surface area contributed by atoms with E-state index in [9.17, 15) is 5.11 Å². The summed E-state index contributed by atoms with van der Waals surface area (Å²) in [4.78, 5) is 0.